The van der Waals surface area contributed by atoms with Crippen molar-refractivity contribution in [2.75, 3.05) is 5.32 Å². The zero-order chi connectivity index (χ0) is 14.7. The number of carbonyl (C=O) groups excluding carboxylic acids is 1. The molecule has 20 heavy (non-hydrogen) atoms. The van der Waals surface area contributed by atoms with Crippen LogP contribution in [0.15, 0.2) is 41.1 Å². The summed E-state index contributed by atoms with van der Waals surface area (Å²) in [5.41, 5.74) is 1.42. The fourth-order valence-electron chi connectivity index (χ4n) is 1.65. The third-order valence-corrected chi connectivity index (χ3v) is 3.11. The molecule has 102 valence electrons. The van der Waals surface area contributed by atoms with Gasteiger partial charge in [0.2, 0.25) is 0 Å². The van der Waals surface area contributed by atoms with Crippen molar-refractivity contribution in [2.45, 2.75) is 6.92 Å². The Morgan fingerprint density at radius 2 is 2.10 bits per heavy atom. The summed E-state index contributed by atoms with van der Waals surface area (Å²) in [6.07, 6.45) is 1.44. The van der Waals surface area contributed by atoms with Crippen LogP contribution in [0, 0.1) is 17.0 Å². The fourth-order valence-corrected chi connectivity index (χ4v) is 1.89. The molecule has 0 radical (unpaired) electrons. The van der Waals surface area contributed by atoms with E-state index in [4.69, 9.17) is 0 Å². The number of carbonyl (C=O) groups is 1. The molecule has 0 spiro atoms. The van der Waals surface area contributed by atoms with E-state index in [0.29, 0.717) is 21.4 Å². The van der Waals surface area contributed by atoms with Crippen LogP contribution < -0.4 is 5.32 Å². The summed E-state index contributed by atoms with van der Waals surface area (Å²) in [7, 11) is 0. The largest absolute Gasteiger partial charge is 0.322 e. The maximum atomic E-state index is 12.0. The highest BCUT2D eigenvalue weighted by molar-refractivity contribution is 9.10. The summed E-state index contributed by atoms with van der Waals surface area (Å²) >= 11 is 3.19. The van der Waals surface area contributed by atoms with Crippen LogP contribution in [0.2, 0.25) is 0 Å². The quantitative estimate of drug-likeness (QED) is 0.529. The predicted molar refractivity (Wildman–Crippen MR) is 77.7 cm³/mol. The van der Waals surface area contributed by atoms with Gasteiger partial charge in [-0.15, -0.1) is 0 Å². The molecule has 1 N–H and O–H groups in total. The van der Waals surface area contributed by atoms with Crippen molar-refractivity contribution in [3.8, 4) is 0 Å². The van der Waals surface area contributed by atoms with Gasteiger partial charge in [0.25, 0.3) is 11.6 Å². The maximum absolute atomic E-state index is 12.0. The van der Waals surface area contributed by atoms with E-state index < -0.39 is 4.92 Å². The Morgan fingerprint density at radius 3 is 2.65 bits per heavy atom. The summed E-state index contributed by atoms with van der Waals surface area (Å²) in [5, 5.41) is 13.4. The molecule has 0 saturated carbocycles. The van der Waals surface area contributed by atoms with E-state index in [2.05, 4.69) is 26.2 Å². The number of rotatable bonds is 3. The number of anilines is 1. The van der Waals surface area contributed by atoms with Crippen molar-refractivity contribution in [3.05, 3.63) is 62.4 Å². The molecule has 7 heteroatoms. The number of halogens is 1. The summed E-state index contributed by atoms with van der Waals surface area (Å²) in [6, 6.07) is 7.71. The molecule has 1 amide bonds. The number of aryl methyl sites for hydroxylation is 1. The molecule has 0 unspecified atom stereocenters. The van der Waals surface area contributed by atoms with Crippen LogP contribution in [0.3, 0.4) is 0 Å². The Morgan fingerprint density at radius 1 is 1.35 bits per heavy atom. The van der Waals surface area contributed by atoms with Crippen LogP contribution in [-0.4, -0.2) is 15.8 Å². The van der Waals surface area contributed by atoms with Gasteiger partial charge in [-0.1, -0.05) is 0 Å². The first-order valence-electron chi connectivity index (χ1n) is 5.65. The van der Waals surface area contributed by atoms with Gasteiger partial charge in [-0.2, -0.15) is 0 Å². The van der Waals surface area contributed by atoms with Gasteiger partial charge >= 0.3 is 0 Å². The highest BCUT2D eigenvalue weighted by Crippen LogP contribution is 2.22. The van der Waals surface area contributed by atoms with Crippen molar-refractivity contribution in [3.63, 3.8) is 0 Å². The van der Waals surface area contributed by atoms with Crippen molar-refractivity contribution in [1.82, 2.24) is 4.98 Å². The van der Waals surface area contributed by atoms with Gasteiger partial charge in [-0.05, 0) is 47.1 Å². The molecule has 0 aliphatic carbocycles. The van der Waals surface area contributed by atoms with E-state index in [0.717, 1.165) is 0 Å². The molecule has 6 nitrogen and oxygen atoms in total. The summed E-state index contributed by atoms with van der Waals surface area (Å²) in [6.45, 7) is 1.62. The molecule has 0 bridgehead atoms. The summed E-state index contributed by atoms with van der Waals surface area (Å²) in [5.74, 6) is -0.321. The third kappa shape index (κ3) is 3.18. The number of hydrogen-bond donors (Lipinski definition) is 1. The maximum Gasteiger partial charge on any atom is 0.272 e. The van der Waals surface area contributed by atoms with Gasteiger partial charge in [-0.3, -0.25) is 14.9 Å². The molecule has 0 atom stereocenters. The van der Waals surface area contributed by atoms with Crippen molar-refractivity contribution in [2.24, 2.45) is 0 Å². The van der Waals surface area contributed by atoms with E-state index in [1.54, 1.807) is 25.1 Å². The lowest BCUT2D eigenvalue weighted by Crippen LogP contribution is -2.12. The van der Waals surface area contributed by atoms with Crippen molar-refractivity contribution in [1.29, 1.82) is 0 Å². The first-order valence-corrected chi connectivity index (χ1v) is 6.44. The normalized spacial score (nSPS) is 10.1. The Kier molecular flexibility index (Phi) is 4.09. The first-order chi connectivity index (χ1) is 9.47. The molecular weight excluding hydrogens is 326 g/mol. The lowest BCUT2D eigenvalue weighted by Gasteiger charge is -2.06. The lowest BCUT2D eigenvalue weighted by molar-refractivity contribution is -0.385. The monoisotopic (exact) mass is 335 g/mol. The molecule has 0 aliphatic heterocycles. The second-order valence-electron chi connectivity index (χ2n) is 4.08. The lowest BCUT2D eigenvalue weighted by atomic mass is 10.1. The zero-order valence-corrected chi connectivity index (χ0v) is 12.0. The van der Waals surface area contributed by atoms with Crippen molar-refractivity contribution < 1.29 is 9.72 Å². The predicted octanol–water partition coefficient (Wildman–Crippen LogP) is 3.31. The minimum Gasteiger partial charge on any atom is -0.322 e. The molecule has 2 rings (SSSR count). The first kappa shape index (κ1) is 14.1. The van der Waals surface area contributed by atoms with E-state index in [1.807, 2.05) is 0 Å². The number of aromatic nitrogens is 1. The van der Waals surface area contributed by atoms with Gasteiger partial charge in [0.15, 0.2) is 0 Å². The number of nitro benzene ring substituents is 1. The molecule has 1 aromatic carbocycles. The number of nitrogens with one attached hydrogen (secondary N) is 1. The highest BCUT2D eigenvalue weighted by Gasteiger charge is 2.12. The number of nitrogens with zero attached hydrogens (tertiary/aromatic N) is 2. The minimum atomic E-state index is -0.459. The van der Waals surface area contributed by atoms with Crippen LogP contribution in [0.25, 0.3) is 0 Å². The highest BCUT2D eigenvalue weighted by atomic mass is 79.9. The number of benzene rings is 1. The Bertz CT molecular complexity index is 671. The second-order valence-corrected chi connectivity index (χ2v) is 4.89. The number of nitro groups is 1. The SMILES string of the molecule is Cc1cc(NC(=O)c2ccc(Br)nc2)ccc1[N+](=O)[O-]. The Balaban J connectivity index is 2.18. The second kappa shape index (κ2) is 5.79. The standard InChI is InChI=1S/C13H10BrN3O3/c1-8-6-10(3-4-11(8)17(19)20)16-13(18)9-2-5-12(14)15-7-9/h2-7H,1H3,(H,16,18). The van der Waals surface area contributed by atoms with Gasteiger partial charge in [-0.25, -0.2) is 4.98 Å². The van der Waals surface area contributed by atoms with E-state index in [1.165, 1.54) is 18.3 Å². The Labute approximate surface area is 123 Å². The summed E-state index contributed by atoms with van der Waals surface area (Å²) < 4.78 is 0.639. The number of amides is 1. The van der Waals surface area contributed by atoms with Gasteiger partial charge in [0.05, 0.1) is 10.5 Å². The minimum absolute atomic E-state index is 0.0216. The van der Waals surface area contributed by atoms with Gasteiger partial charge in [0, 0.05) is 23.5 Å². The Hall–Kier alpha value is -2.28. The summed E-state index contributed by atoms with van der Waals surface area (Å²) in [4.78, 5) is 26.2. The smallest absolute Gasteiger partial charge is 0.272 e. The van der Waals surface area contributed by atoms with Crippen LogP contribution >= 0.6 is 15.9 Å². The van der Waals surface area contributed by atoms with Crippen LogP contribution in [0.4, 0.5) is 11.4 Å². The molecular formula is C13H10BrN3O3. The third-order valence-electron chi connectivity index (χ3n) is 2.64. The van der Waals surface area contributed by atoms with Gasteiger partial charge in [0.1, 0.15) is 4.60 Å². The van der Waals surface area contributed by atoms with Crippen LogP contribution in [0.1, 0.15) is 15.9 Å². The molecule has 0 aliphatic rings. The molecule has 0 fully saturated rings. The van der Waals surface area contributed by atoms with Crippen molar-refractivity contribution >= 4 is 33.2 Å². The number of hydrogen-bond acceptors (Lipinski definition) is 4. The topological polar surface area (TPSA) is 85.1 Å². The zero-order valence-electron chi connectivity index (χ0n) is 10.5. The molecule has 1 heterocycles. The molecule has 2 aromatic rings. The van der Waals surface area contributed by atoms with Crippen LogP contribution in [0.5, 0.6) is 0 Å². The number of pyridine rings is 1. The average Bonchev–Trinajstić information content (AvgIpc) is 2.39. The van der Waals surface area contributed by atoms with Crippen LogP contribution in [-0.2, 0) is 0 Å². The average molecular weight is 336 g/mol. The van der Waals surface area contributed by atoms with E-state index in [9.17, 15) is 14.9 Å². The molecule has 1 aromatic heterocycles. The molecule has 0 saturated heterocycles. The van der Waals surface area contributed by atoms with Gasteiger partial charge < -0.3 is 5.32 Å². The van der Waals surface area contributed by atoms with E-state index >= 15 is 0 Å². The van der Waals surface area contributed by atoms with E-state index in [-0.39, 0.29) is 11.6 Å². The fraction of sp³-hybridized carbons (Fsp3) is 0.0769.